The van der Waals surface area contributed by atoms with E-state index in [1.165, 1.54) is 4.57 Å². The van der Waals surface area contributed by atoms with Gasteiger partial charge in [0, 0.05) is 43.8 Å². The third-order valence-electron chi connectivity index (χ3n) is 3.71. The molecule has 1 aromatic carbocycles. The lowest BCUT2D eigenvalue weighted by Gasteiger charge is -2.26. The lowest BCUT2D eigenvalue weighted by atomic mass is 10.1. The minimum atomic E-state index is -0.207. The minimum absolute atomic E-state index is 0.00593. The first-order chi connectivity index (χ1) is 11.1. The van der Waals surface area contributed by atoms with Crippen molar-refractivity contribution in [3.63, 3.8) is 0 Å². The Morgan fingerprint density at radius 2 is 1.91 bits per heavy atom. The summed E-state index contributed by atoms with van der Waals surface area (Å²) in [6.07, 6.45) is 3.15. The number of carbonyl (C=O) groups excluding carboxylic acids is 1. The molecule has 1 saturated heterocycles. The Bertz CT molecular complexity index is 749. The second-order valence-electron chi connectivity index (χ2n) is 5.30. The standard InChI is InChI=1S/C16H18N4O3/c1-19-7-6-17-14(16(19)22)18-13-4-2-12(3-5-13)15(21)20-8-10-23-11-9-20/h2-7H,8-11H2,1H3,(H,17,18). The molecule has 0 radical (unpaired) electrons. The monoisotopic (exact) mass is 314 g/mol. The first kappa shape index (κ1) is 15.2. The quantitative estimate of drug-likeness (QED) is 0.914. The van der Waals surface area contributed by atoms with Crippen LogP contribution in [0.3, 0.4) is 0 Å². The van der Waals surface area contributed by atoms with Crippen LogP contribution in [-0.4, -0.2) is 46.7 Å². The SMILES string of the molecule is Cn1ccnc(Nc2ccc(C(=O)N3CCOCC3)cc2)c1=O. The van der Waals surface area contributed by atoms with Crippen LogP contribution in [0, 0.1) is 0 Å². The van der Waals surface area contributed by atoms with Crippen LogP contribution in [0.4, 0.5) is 11.5 Å². The van der Waals surface area contributed by atoms with Crippen molar-refractivity contribution < 1.29 is 9.53 Å². The van der Waals surface area contributed by atoms with E-state index >= 15 is 0 Å². The number of amides is 1. The van der Waals surface area contributed by atoms with Gasteiger partial charge in [-0.15, -0.1) is 0 Å². The fourth-order valence-corrected chi connectivity index (χ4v) is 2.37. The van der Waals surface area contributed by atoms with Gasteiger partial charge >= 0.3 is 0 Å². The zero-order valence-corrected chi connectivity index (χ0v) is 12.9. The molecule has 1 fully saturated rings. The van der Waals surface area contributed by atoms with E-state index in [0.717, 1.165) is 0 Å². The van der Waals surface area contributed by atoms with Gasteiger partial charge in [-0.3, -0.25) is 9.59 Å². The van der Waals surface area contributed by atoms with E-state index in [4.69, 9.17) is 4.74 Å². The number of benzene rings is 1. The Labute approximate surface area is 133 Å². The summed E-state index contributed by atoms with van der Waals surface area (Å²) in [5.41, 5.74) is 1.12. The zero-order chi connectivity index (χ0) is 16.2. The maximum absolute atomic E-state index is 12.4. The van der Waals surface area contributed by atoms with Crippen molar-refractivity contribution in [3.05, 3.63) is 52.6 Å². The van der Waals surface area contributed by atoms with Crippen LogP contribution < -0.4 is 10.9 Å². The number of nitrogens with one attached hydrogen (secondary N) is 1. The van der Waals surface area contributed by atoms with E-state index in [1.807, 2.05) is 0 Å². The van der Waals surface area contributed by atoms with Crippen LogP contribution in [0.5, 0.6) is 0 Å². The summed E-state index contributed by atoms with van der Waals surface area (Å²) in [6.45, 7) is 2.38. The molecule has 2 aromatic rings. The van der Waals surface area contributed by atoms with Crippen molar-refractivity contribution in [2.24, 2.45) is 7.05 Å². The van der Waals surface area contributed by atoms with Gasteiger partial charge < -0.3 is 19.5 Å². The molecular formula is C16H18N4O3. The number of aromatic nitrogens is 2. The molecular weight excluding hydrogens is 296 g/mol. The van der Waals surface area contributed by atoms with Gasteiger partial charge in [-0.05, 0) is 24.3 Å². The molecule has 23 heavy (non-hydrogen) atoms. The van der Waals surface area contributed by atoms with Gasteiger partial charge in [0.25, 0.3) is 11.5 Å². The Hall–Kier alpha value is -2.67. The highest BCUT2D eigenvalue weighted by Crippen LogP contribution is 2.15. The second-order valence-corrected chi connectivity index (χ2v) is 5.30. The lowest BCUT2D eigenvalue weighted by Crippen LogP contribution is -2.40. The maximum Gasteiger partial charge on any atom is 0.293 e. The van der Waals surface area contributed by atoms with Gasteiger partial charge in [-0.2, -0.15) is 0 Å². The number of aryl methyl sites for hydroxylation is 1. The fourth-order valence-electron chi connectivity index (χ4n) is 2.37. The highest BCUT2D eigenvalue weighted by molar-refractivity contribution is 5.94. The van der Waals surface area contributed by atoms with E-state index in [0.29, 0.717) is 37.6 Å². The summed E-state index contributed by atoms with van der Waals surface area (Å²) in [5.74, 6) is 0.246. The summed E-state index contributed by atoms with van der Waals surface area (Å²) < 4.78 is 6.70. The Morgan fingerprint density at radius 1 is 1.22 bits per heavy atom. The molecule has 120 valence electrons. The summed E-state index contributed by atoms with van der Waals surface area (Å²) in [7, 11) is 1.67. The van der Waals surface area contributed by atoms with Gasteiger partial charge in [-0.25, -0.2) is 4.98 Å². The van der Waals surface area contributed by atoms with Gasteiger partial charge in [0.15, 0.2) is 5.82 Å². The van der Waals surface area contributed by atoms with Crippen LogP contribution in [0.2, 0.25) is 0 Å². The van der Waals surface area contributed by atoms with Crippen molar-refractivity contribution in [3.8, 4) is 0 Å². The molecule has 0 bridgehead atoms. The Balaban J connectivity index is 1.73. The van der Waals surface area contributed by atoms with Crippen molar-refractivity contribution in [2.45, 2.75) is 0 Å². The Kier molecular flexibility index (Phi) is 4.38. The molecule has 7 heteroatoms. The number of hydrogen-bond acceptors (Lipinski definition) is 5. The topological polar surface area (TPSA) is 76.5 Å². The summed E-state index contributed by atoms with van der Waals surface area (Å²) >= 11 is 0. The predicted octanol–water partition coefficient (Wildman–Crippen LogP) is 0.996. The van der Waals surface area contributed by atoms with E-state index < -0.39 is 0 Å². The molecule has 0 saturated carbocycles. The van der Waals surface area contributed by atoms with Gasteiger partial charge in [0.05, 0.1) is 13.2 Å². The minimum Gasteiger partial charge on any atom is -0.378 e. The van der Waals surface area contributed by atoms with Gasteiger partial charge in [0.2, 0.25) is 0 Å². The third-order valence-corrected chi connectivity index (χ3v) is 3.71. The van der Waals surface area contributed by atoms with Gasteiger partial charge in [-0.1, -0.05) is 0 Å². The maximum atomic E-state index is 12.4. The summed E-state index contributed by atoms with van der Waals surface area (Å²) in [6, 6.07) is 7.02. The molecule has 0 aliphatic carbocycles. The highest BCUT2D eigenvalue weighted by Gasteiger charge is 2.18. The predicted molar refractivity (Wildman–Crippen MR) is 85.9 cm³/mol. The number of morpholine rings is 1. The average molecular weight is 314 g/mol. The molecule has 1 aliphatic heterocycles. The zero-order valence-electron chi connectivity index (χ0n) is 12.9. The summed E-state index contributed by atoms with van der Waals surface area (Å²) in [5, 5.41) is 2.97. The number of nitrogens with zero attached hydrogens (tertiary/aromatic N) is 3. The molecule has 0 atom stereocenters. The molecule has 1 aromatic heterocycles. The van der Waals surface area contributed by atoms with E-state index in [9.17, 15) is 9.59 Å². The van der Waals surface area contributed by atoms with E-state index in [2.05, 4.69) is 10.3 Å². The highest BCUT2D eigenvalue weighted by atomic mass is 16.5. The van der Waals surface area contributed by atoms with Crippen molar-refractivity contribution in [2.75, 3.05) is 31.6 Å². The first-order valence-electron chi connectivity index (χ1n) is 7.41. The molecule has 0 unspecified atom stereocenters. The molecule has 2 heterocycles. The van der Waals surface area contributed by atoms with Crippen LogP contribution in [0.1, 0.15) is 10.4 Å². The van der Waals surface area contributed by atoms with Crippen molar-refractivity contribution >= 4 is 17.4 Å². The third kappa shape index (κ3) is 3.40. The van der Waals surface area contributed by atoms with Crippen LogP contribution in [0.15, 0.2) is 41.5 Å². The van der Waals surface area contributed by atoms with E-state index in [-0.39, 0.29) is 17.3 Å². The Morgan fingerprint density at radius 3 is 2.61 bits per heavy atom. The molecule has 0 spiro atoms. The van der Waals surface area contributed by atoms with Gasteiger partial charge in [0.1, 0.15) is 0 Å². The molecule has 1 amide bonds. The summed E-state index contributed by atoms with van der Waals surface area (Å²) in [4.78, 5) is 30.1. The number of carbonyl (C=O) groups is 1. The molecule has 3 rings (SSSR count). The normalized spacial score (nSPS) is 14.6. The molecule has 1 N–H and O–H groups in total. The van der Waals surface area contributed by atoms with E-state index in [1.54, 1.807) is 48.6 Å². The number of hydrogen-bond donors (Lipinski definition) is 1. The van der Waals surface area contributed by atoms with Crippen LogP contribution in [-0.2, 0) is 11.8 Å². The van der Waals surface area contributed by atoms with Crippen LogP contribution >= 0.6 is 0 Å². The molecule has 1 aliphatic rings. The fraction of sp³-hybridized carbons (Fsp3) is 0.312. The largest absolute Gasteiger partial charge is 0.378 e. The smallest absolute Gasteiger partial charge is 0.293 e. The van der Waals surface area contributed by atoms with Crippen molar-refractivity contribution in [1.29, 1.82) is 0 Å². The lowest BCUT2D eigenvalue weighted by molar-refractivity contribution is 0.0303. The molecule has 7 nitrogen and oxygen atoms in total. The second kappa shape index (κ2) is 6.62. The van der Waals surface area contributed by atoms with Crippen LogP contribution in [0.25, 0.3) is 0 Å². The van der Waals surface area contributed by atoms with Crippen molar-refractivity contribution in [1.82, 2.24) is 14.5 Å². The number of ether oxygens (including phenoxy) is 1. The number of rotatable bonds is 3. The first-order valence-corrected chi connectivity index (χ1v) is 7.41. The number of anilines is 2. The average Bonchev–Trinajstić information content (AvgIpc) is 2.60.